The maximum Gasteiger partial charge on any atom is 0.119 e. The Balaban J connectivity index is 1.77. The van der Waals surface area contributed by atoms with Crippen LogP contribution < -0.4 is 10.5 Å². The van der Waals surface area contributed by atoms with Gasteiger partial charge in [-0.15, -0.1) is 0 Å². The van der Waals surface area contributed by atoms with Gasteiger partial charge >= 0.3 is 0 Å². The maximum atomic E-state index is 6.63. The molecule has 116 valence electrons. The monoisotopic (exact) mass is 288 g/mol. The van der Waals surface area contributed by atoms with E-state index in [1.54, 1.807) is 7.11 Å². The van der Waals surface area contributed by atoms with E-state index < -0.39 is 0 Å². The number of fused-ring (bicyclic) bond motifs is 1. The second-order valence-electron chi connectivity index (χ2n) is 6.58. The van der Waals surface area contributed by atoms with Crippen LogP contribution in [0.25, 0.3) is 0 Å². The van der Waals surface area contributed by atoms with E-state index in [1.807, 2.05) is 0 Å². The fourth-order valence-corrected chi connectivity index (χ4v) is 3.84. The second kappa shape index (κ2) is 6.37. The molecule has 1 aromatic carbocycles. The van der Waals surface area contributed by atoms with E-state index in [1.165, 1.54) is 43.4 Å². The van der Waals surface area contributed by atoms with Crippen LogP contribution in [0.4, 0.5) is 0 Å². The van der Waals surface area contributed by atoms with Crippen molar-refractivity contribution in [3.63, 3.8) is 0 Å². The van der Waals surface area contributed by atoms with Crippen molar-refractivity contribution >= 4 is 0 Å². The van der Waals surface area contributed by atoms with E-state index in [0.717, 1.165) is 24.6 Å². The molecule has 0 aliphatic heterocycles. The number of aryl methyl sites for hydroxylation is 1. The molecule has 1 saturated carbocycles. The SMILES string of the molecule is CCN(CC1CCC1)C1CCc2ccc(OC)cc2C1N. The summed E-state index contributed by atoms with van der Waals surface area (Å²) < 4.78 is 5.37. The Kier molecular flexibility index (Phi) is 4.51. The molecule has 0 heterocycles. The Labute approximate surface area is 128 Å². The van der Waals surface area contributed by atoms with Gasteiger partial charge in [0.05, 0.1) is 7.11 Å². The Bertz CT molecular complexity index is 484. The van der Waals surface area contributed by atoms with Crippen LogP contribution in [-0.4, -0.2) is 31.1 Å². The molecule has 0 radical (unpaired) electrons. The molecular weight excluding hydrogens is 260 g/mol. The van der Waals surface area contributed by atoms with Crippen LogP contribution in [0.5, 0.6) is 5.75 Å². The highest BCUT2D eigenvalue weighted by Crippen LogP contribution is 2.35. The molecule has 3 nitrogen and oxygen atoms in total. The predicted molar refractivity (Wildman–Crippen MR) is 86.6 cm³/mol. The summed E-state index contributed by atoms with van der Waals surface area (Å²) in [6.07, 6.45) is 6.55. The number of rotatable bonds is 5. The summed E-state index contributed by atoms with van der Waals surface area (Å²) in [5.41, 5.74) is 9.32. The smallest absolute Gasteiger partial charge is 0.119 e. The van der Waals surface area contributed by atoms with Crippen molar-refractivity contribution in [3.05, 3.63) is 29.3 Å². The lowest BCUT2D eigenvalue weighted by Crippen LogP contribution is -2.47. The Morgan fingerprint density at radius 3 is 2.71 bits per heavy atom. The molecule has 0 aromatic heterocycles. The Morgan fingerprint density at radius 2 is 2.10 bits per heavy atom. The summed E-state index contributed by atoms with van der Waals surface area (Å²) in [5, 5.41) is 0. The zero-order chi connectivity index (χ0) is 14.8. The number of ether oxygens (including phenoxy) is 1. The number of nitrogens with two attached hydrogens (primary N) is 1. The third kappa shape index (κ3) is 2.95. The topological polar surface area (TPSA) is 38.5 Å². The van der Waals surface area contributed by atoms with Gasteiger partial charge in [0.2, 0.25) is 0 Å². The van der Waals surface area contributed by atoms with E-state index in [-0.39, 0.29) is 6.04 Å². The molecule has 0 amide bonds. The molecule has 2 aliphatic carbocycles. The van der Waals surface area contributed by atoms with Gasteiger partial charge in [-0.2, -0.15) is 0 Å². The first-order valence-electron chi connectivity index (χ1n) is 8.39. The second-order valence-corrected chi connectivity index (χ2v) is 6.58. The van der Waals surface area contributed by atoms with Crippen molar-refractivity contribution in [2.45, 2.75) is 51.1 Å². The van der Waals surface area contributed by atoms with Crippen LogP contribution in [0.3, 0.4) is 0 Å². The molecule has 2 atom stereocenters. The van der Waals surface area contributed by atoms with Gasteiger partial charge < -0.3 is 10.5 Å². The average Bonchev–Trinajstić information content (AvgIpc) is 2.47. The molecule has 0 saturated heterocycles. The van der Waals surface area contributed by atoms with Gasteiger partial charge in [-0.1, -0.05) is 19.4 Å². The zero-order valence-corrected chi connectivity index (χ0v) is 13.3. The number of benzene rings is 1. The van der Waals surface area contributed by atoms with E-state index in [0.29, 0.717) is 6.04 Å². The molecule has 2 N–H and O–H groups in total. The van der Waals surface area contributed by atoms with Gasteiger partial charge in [-0.25, -0.2) is 0 Å². The van der Waals surface area contributed by atoms with Crippen LogP contribution in [0, 0.1) is 5.92 Å². The fraction of sp³-hybridized carbons (Fsp3) is 0.667. The van der Waals surface area contributed by atoms with Crippen LogP contribution in [0.1, 0.15) is 49.8 Å². The molecule has 0 bridgehead atoms. The van der Waals surface area contributed by atoms with Crippen molar-refractivity contribution in [1.82, 2.24) is 4.90 Å². The standard InChI is InChI=1S/C18H28N2O/c1-3-20(12-13-5-4-6-13)17-10-8-14-7-9-15(21-2)11-16(14)18(17)19/h7,9,11,13,17-18H,3-6,8,10,12,19H2,1-2H3. The number of methoxy groups -OCH3 is 1. The largest absolute Gasteiger partial charge is 0.497 e. The number of likely N-dealkylation sites (N-methyl/N-ethyl adjacent to an activating group) is 1. The molecule has 3 rings (SSSR count). The van der Waals surface area contributed by atoms with Crippen molar-refractivity contribution in [2.24, 2.45) is 11.7 Å². The normalized spacial score (nSPS) is 25.5. The summed E-state index contributed by atoms with van der Waals surface area (Å²) in [6.45, 7) is 4.61. The lowest BCUT2D eigenvalue weighted by atomic mass is 9.81. The lowest BCUT2D eigenvalue weighted by Gasteiger charge is -2.42. The quantitative estimate of drug-likeness (QED) is 0.904. The molecular formula is C18H28N2O. The highest BCUT2D eigenvalue weighted by Gasteiger charge is 2.32. The summed E-state index contributed by atoms with van der Waals surface area (Å²) in [5.74, 6) is 1.83. The van der Waals surface area contributed by atoms with E-state index in [9.17, 15) is 0 Å². The first kappa shape index (κ1) is 14.9. The predicted octanol–water partition coefficient (Wildman–Crippen LogP) is 3.13. The van der Waals surface area contributed by atoms with Crippen molar-refractivity contribution in [1.29, 1.82) is 0 Å². The van der Waals surface area contributed by atoms with Gasteiger partial charge in [0.1, 0.15) is 5.75 Å². The van der Waals surface area contributed by atoms with Crippen LogP contribution in [0.2, 0.25) is 0 Å². The average molecular weight is 288 g/mol. The van der Waals surface area contributed by atoms with E-state index in [4.69, 9.17) is 10.5 Å². The van der Waals surface area contributed by atoms with Crippen LogP contribution >= 0.6 is 0 Å². The first-order chi connectivity index (χ1) is 10.2. The molecule has 1 fully saturated rings. The summed E-state index contributed by atoms with van der Waals surface area (Å²) in [7, 11) is 1.72. The van der Waals surface area contributed by atoms with Crippen molar-refractivity contribution in [3.8, 4) is 5.75 Å². The fourth-order valence-electron chi connectivity index (χ4n) is 3.84. The zero-order valence-electron chi connectivity index (χ0n) is 13.3. The third-order valence-corrected chi connectivity index (χ3v) is 5.43. The number of hydrogen-bond acceptors (Lipinski definition) is 3. The van der Waals surface area contributed by atoms with Gasteiger partial charge in [0.25, 0.3) is 0 Å². The highest BCUT2D eigenvalue weighted by molar-refractivity contribution is 5.40. The van der Waals surface area contributed by atoms with E-state index >= 15 is 0 Å². The van der Waals surface area contributed by atoms with Gasteiger partial charge in [0, 0.05) is 18.6 Å². The van der Waals surface area contributed by atoms with Gasteiger partial charge in [-0.3, -0.25) is 4.90 Å². The summed E-state index contributed by atoms with van der Waals surface area (Å²) in [4.78, 5) is 2.62. The molecule has 0 spiro atoms. The number of hydrogen-bond donors (Lipinski definition) is 1. The molecule has 1 aromatic rings. The maximum absolute atomic E-state index is 6.63. The molecule has 2 aliphatic rings. The highest BCUT2D eigenvalue weighted by atomic mass is 16.5. The van der Waals surface area contributed by atoms with Gasteiger partial charge in [-0.05, 0) is 61.4 Å². The van der Waals surface area contributed by atoms with Crippen LogP contribution in [0.15, 0.2) is 18.2 Å². The number of nitrogens with zero attached hydrogens (tertiary/aromatic N) is 1. The minimum atomic E-state index is 0.115. The summed E-state index contributed by atoms with van der Waals surface area (Å²) in [6, 6.07) is 6.98. The van der Waals surface area contributed by atoms with Gasteiger partial charge in [0.15, 0.2) is 0 Å². The van der Waals surface area contributed by atoms with Crippen molar-refractivity contribution in [2.75, 3.05) is 20.2 Å². The Morgan fingerprint density at radius 1 is 1.29 bits per heavy atom. The minimum Gasteiger partial charge on any atom is -0.497 e. The third-order valence-electron chi connectivity index (χ3n) is 5.43. The molecule has 21 heavy (non-hydrogen) atoms. The lowest BCUT2D eigenvalue weighted by molar-refractivity contribution is 0.112. The minimum absolute atomic E-state index is 0.115. The van der Waals surface area contributed by atoms with E-state index in [2.05, 4.69) is 30.0 Å². The summed E-state index contributed by atoms with van der Waals surface area (Å²) >= 11 is 0. The first-order valence-corrected chi connectivity index (χ1v) is 8.39. The molecule has 3 heteroatoms. The molecule has 2 unspecified atom stereocenters. The Hall–Kier alpha value is -1.06. The van der Waals surface area contributed by atoms with Crippen LogP contribution in [-0.2, 0) is 6.42 Å². The van der Waals surface area contributed by atoms with Crippen molar-refractivity contribution < 1.29 is 4.74 Å².